The van der Waals surface area contributed by atoms with Crippen molar-refractivity contribution >= 4 is 17.6 Å². The predicted molar refractivity (Wildman–Crippen MR) is 123 cm³/mol. The van der Waals surface area contributed by atoms with Gasteiger partial charge in [0.05, 0.1) is 12.3 Å². The monoisotopic (exact) mass is 421 g/mol. The minimum absolute atomic E-state index is 0.00820. The van der Waals surface area contributed by atoms with E-state index in [4.69, 9.17) is 9.84 Å². The standard InChI is InChI=1S/C26H31NO4/c1-6-9-19(16-24(28)29)18-12-14-21(15-13-18)27-25(30)23(7-2)31-22-11-8-10-20(17-22)26(3,4)5/h8,10-15,17,19,23H,7,16H2,1-5H3,(H,27,30)(H,28,29). The molecule has 2 rings (SSSR count). The van der Waals surface area contributed by atoms with Gasteiger partial charge in [0.1, 0.15) is 5.75 Å². The Morgan fingerprint density at radius 1 is 1.13 bits per heavy atom. The van der Waals surface area contributed by atoms with Crippen LogP contribution in [0.2, 0.25) is 0 Å². The summed E-state index contributed by atoms with van der Waals surface area (Å²) in [5.74, 6) is 4.86. The lowest BCUT2D eigenvalue weighted by molar-refractivity contribution is -0.137. The molecule has 0 aliphatic rings. The summed E-state index contributed by atoms with van der Waals surface area (Å²) >= 11 is 0. The number of hydrogen-bond donors (Lipinski definition) is 2. The Morgan fingerprint density at radius 2 is 1.81 bits per heavy atom. The first-order valence-electron chi connectivity index (χ1n) is 10.5. The summed E-state index contributed by atoms with van der Waals surface area (Å²) in [5, 5.41) is 12.0. The zero-order valence-corrected chi connectivity index (χ0v) is 18.9. The van der Waals surface area contributed by atoms with E-state index in [-0.39, 0.29) is 23.7 Å². The summed E-state index contributed by atoms with van der Waals surface area (Å²) in [4.78, 5) is 23.8. The van der Waals surface area contributed by atoms with Crippen LogP contribution < -0.4 is 10.1 Å². The maximum absolute atomic E-state index is 12.8. The number of ether oxygens (including phenoxy) is 1. The maximum atomic E-state index is 12.8. The van der Waals surface area contributed by atoms with Gasteiger partial charge in [-0.05, 0) is 54.2 Å². The Labute approximate surface area is 184 Å². The van der Waals surface area contributed by atoms with Crippen molar-refractivity contribution in [3.8, 4) is 17.6 Å². The third-order valence-corrected chi connectivity index (χ3v) is 4.92. The molecule has 1 amide bonds. The van der Waals surface area contributed by atoms with Gasteiger partial charge in [0.15, 0.2) is 6.10 Å². The summed E-state index contributed by atoms with van der Waals surface area (Å²) in [6.45, 7) is 9.99. The van der Waals surface area contributed by atoms with Crippen LogP contribution in [-0.4, -0.2) is 23.1 Å². The Balaban J connectivity index is 2.08. The Morgan fingerprint density at radius 3 is 2.35 bits per heavy atom. The van der Waals surface area contributed by atoms with Crippen LogP contribution in [0.1, 0.15) is 64.5 Å². The molecule has 164 valence electrons. The van der Waals surface area contributed by atoms with Crippen LogP contribution >= 0.6 is 0 Å². The minimum atomic E-state index is -0.899. The summed E-state index contributed by atoms with van der Waals surface area (Å²) in [6, 6.07) is 14.9. The summed E-state index contributed by atoms with van der Waals surface area (Å²) in [6.07, 6.45) is -0.164. The van der Waals surface area contributed by atoms with Gasteiger partial charge in [0, 0.05) is 5.69 Å². The van der Waals surface area contributed by atoms with Gasteiger partial charge in [0.25, 0.3) is 5.91 Å². The van der Waals surface area contributed by atoms with E-state index in [1.165, 1.54) is 0 Å². The number of aliphatic carboxylic acids is 1. The van der Waals surface area contributed by atoms with E-state index in [9.17, 15) is 9.59 Å². The average Bonchev–Trinajstić information content (AvgIpc) is 2.71. The molecular formula is C26H31NO4. The molecule has 5 nitrogen and oxygen atoms in total. The lowest BCUT2D eigenvalue weighted by Gasteiger charge is -2.22. The van der Waals surface area contributed by atoms with Crippen molar-refractivity contribution < 1.29 is 19.4 Å². The quantitative estimate of drug-likeness (QED) is 0.563. The highest BCUT2D eigenvalue weighted by molar-refractivity contribution is 5.94. The molecule has 2 unspecified atom stereocenters. The smallest absolute Gasteiger partial charge is 0.304 e. The van der Waals surface area contributed by atoms with Crippen LogP contribution in [0.5, 0.6) is 5.75 Å². The van der Waals surface area contributed by atoms with E-state index in [1.807, 2.05) is 25.1 Å². The number of carboxylic acid groups (broad SMARTS) is 1. The molecular weight excluding hydrogens is 390 g/mol. The zero-order valence-electron chi connectivity index (χ0n) is 18.9. The van der Waals surface area contributed by atoms with Crippen molar-refractivity contribution in [2.24, 2.45) is 0 Å². The van der Waals surface area contributed by atoms with Crippen LogP contribution in [0.25, 0.3) is 0 Å². The molecule has 2 N–H and O–H groups in total. The highest BCUT2D eigenvalue weighted by Gasteiger charge is 2.20. The van der Waals surface area contributed by atoms with Crippen molar-refractivity contribution in [3.63, 3.8) is 0 Å². The van der Waals surface area contributed by atoms with Gasteiger partial charge >= 0.3 is 5.97 Å². The molecule has 0 fully saturated rings. The van der Waals surface area contributed by atoms with Gasteiger partial charge in [-0.15, -0.1) is 5.92 Å². The fraction of sp³-hybridized carbons (Fsp3) is 0.385. The number of amides is 1. The molecule has 0 aromatic heterocycles. The molecule has 2 aromatic carbocycles. The van der Waals surface area contributed by atoms with Crippen LogP contribution in [0.4, 0.5) is 5.69 Å². The van der Waals surface area contributed by atoms with Crippen LogP contribution in [-0.2, 0) is 15.0 Å². The second-order valence-corrected chi connectivity index (χ2v) is 8.45. The van der Waals surface area contributed by atoms with Crippen LogP contribution in [0.15, 0.2) is 48.5 Å². The fourth-order valence-electron chi connectivity index (χ4n) is 3.15. The minimum Gasteiger partial charge on any atom is -0.481 e. The molecule has 5 heteroatoms. The number of hydrogen-bond acceptors (Lipinski definition) is 3. The van der Waals surface area contributed by atoms with Crippen molar-refractivity contribution in [1.29, 1.82) is 0 Å². The molecule has 0 spiro atoms. The molecule has 31 heavy (non-hydrogen) atoms. The largest absolute Gasteiger partial charge is 0.481 e. The van der Waals surface area contributed by atoms with Crippen LogP contribution in [0, 0.1) is 11.8 Å². The Kier molecular flexibility index (Phi) is 8.27. The second kappa shape index (κ2) is 10.7. The molecule has 0 heterocycles. The van der Waals surface area contributed by atoms with E-state index in [1.54, 1.807) is 31.2 Å². The molecule has 0 aliphatic heterocycles. The van der Waals surface area contributed by atoms with Crippen molar-refractivity contribution in [1.82, 2.24) is 0 Å². The third kappa shape index (κ3) is 7.18. The van der Waals surface area contributed by atoms with Crippen LogP contribution in [0.3, 0.4) is 0 Å². The summed E-state index contributed by atoms with van der Waals surface area (Å²) in [5.41, 5.74) is 2.56. The van der Waals surface area contributed by atoms with Gasteiger partial charge < -0.3 is 15.2 Å². The first-order chi connectivity index (χ1) is 14.6. The lowest BCUT2D eigenvalue weighted by atomic mass is 9.87. The third-order valence-electron chi connectivity index (χ3n) is 4.92. The molecule has 0 saturated heterocycles. The topological polar surface area (TPSA) is 75.6 Å². The second-order valence-electron chi connectivity index (χ2n) is 8.45. The normalized spacial score (nSPS) is 12.8. The molecule has 0 radical (unpaired) electrons. The predicted octanol–water partition coefficient (Wildman–Crippen LogP) is 5.36. The van der Waals surface area contributed by atoms with Gasteiger partial charge in [-0.2, -0.15) is 0 Å². The van der Waals surface area contributed by atoms with Gasteiger partial charge in [-0.25, -0.2) is 0 Å². The van der Waals surface area contributed by atoms with Gasteiger partial charge in [-0.3, -0.25) is 9.59 Å². The van der Waals surface area contributed by atoms with E-state index >= 15 is 0 Å². The number of carbonyl (C=O) groups excluding carboxylic acids is 1. The number of carbonyl (C=O) groups is 2. The number of rotatable bonds is 8. The van der Waals surface area contributed by atoms with Gasteiger partial charge in [0.2, 0.25) is 0 Å². The van der Waals surface area contributed by atoms with E-state index in [0.29, 0.717) is 17.9 Å². The average molecular weight is 422 g/mol. The van der Waals surface area contributed by atoms with Crippen molar-refractivity contribution in [3.05, 3.63) is 59.7 Å². The van der Waals surface area contributed by atoms with E-state index in [2.05, 4.69) is 44.0 Å². The highest BCUT2D eigenvalue weighted by Crippen LogP contribution is 2.27. The first-order valence-corrected chi connectivity index (χ1v) is 10.5. The number of carboxylic acids is 1. The summed E-state index contributed by atoms with van der Waals surface area (Å²) in [7, 11) is 0. The summed E-state index contributed by atoms with van der Waals surface area (Å²) < 4.78 is 5.98. The molecule has 0 bridgehead atoms. The van der Waals surface area contributed by atoms with Crippen molar-refractivity contribution in [2.75, 3.05) is 5.32 Å². The SMILES string of the molecule is CC#CC(CC(=O)O)c1ccc(NC(=O)C(CC)Oc2cccc(C(C)(C)C)c2)cc1. The van der Waals surface area contributed by atoms with Gasteiger partial charge in [-0.1, -0.05) is 57.9 Å². The molecule has 0 saturated carbocycles. The molecule has 2 aromatic rings. The number of anilines is 1. The first kappa shape index (κ1) is 24.0. The fourth-order valence-corrected chi connectivity index (χ4v) is 3.15. The zero-order chi connectivity index (χ0) is 23.0. The highest BCUT2D eigenvalue weighted by atomic mass is 16.5. The lowest BCUT2D eigenvalue weighted by Crippen LogP contribution is -2.32. The Bertz CT molecular complexity index is 961. The van der Waals surface area contributed by atoms with Crippen molar-refractivity contribution in [2.45, 2.75) is 64.9 Å². The number of benzene rings is 2. The van der Waals surface area contributed by atoms with E-state index < -0.39 is 12.1 Å². The molecule has 0 aliphatic carbocycles. The molecule has 2 atom stereocenters. The van der Waals surface area contributed by atoms with E-state index in [0.717, 1.165) is 11.1 Å². The Hall–Kier alpha value is -3.26. The number of nitrogens with one attached hydrogen (secondary N) is 1. The maximum Gasteiger partial charge on any atom is 0.304 e.